The molecule has 112 valence electrons. The molecule has 1 aliphatic rings. The monoisotopic (exact) mass is 291 g/mol. The second-order valence-electron chi connectivity index (χ2n) is 4.83. The Balaban J connectivity index is 2.04. The number of rotatable bonds is 3. The summed E-state index contributed by atoms with van der Waals surface area (Å²) in [6.07, 6.45) is -2.50. The summed E-state index contributed by atoms with van der Waals surface area (Å²) >= 11 is 0. The molecule has 0 saturated carbocycles. The van der Waals surface area contributed by atoms with E-state index in [1.54, 1.807) is 37.3 Å². The SMILES string of the molecule is CC1OC(Oc2ccc(C=CC#N)cc2)C(O)C(O)C1O. The van der Waals surface area contributed by atoms with Crippen molar-refractivity contribution in [2.75, 3.05) is 0 Å². The average molecular weight is 291 g/mol. The van der Waals surface area contributed by atoms with Crippen LogP contribution in [-0.4, -0.2) is 46.0 Å². The molecule has 0 bridgehead atoms. The first-order valence-corrected chi connectivity index (χ1v) is 6.55. The number of nitriles is 1. The van der Waals surface area contributed by atoms with Gasteiger partial charge in [0.15, 0.2) is 0 Å². The summed E-state index contributed by atoms with van der Waals surface area (Å²) in [5.74, 6) is 0.448. The largest absolute Gasteiger partial charge is 0.462 e. The van der Waals surface area contributed by atoms with Crippen molar-refractivity contribution in [1.29, 1.82) is 5.26 Å². The van der Waals surface area contributed by atoms with Crippen LogP contribution in [0.3, 0.4) is 0 Å². The molecule has 0 amide bonds. The van der Waals surface area contributed by atoms with Crippen molar-refractivity contribution in [3.63, 3.8) is 0 Å². The van der Waals surface area contributed by atoms with E-state index >= 15 is 0 Å². The van der Waals surface area contributed by atoms with Gasteiger partial charge in [0, 0.05) is 6.08 Å². The highest BCUT2D eigenvalue weighted by Crippen LogP contribution is 2.24. The van der Waals surface area contributed by atoms with Crippen LogP contribution in [0.1, 0.15) is 12.5 Å². The zero-order valence-corrected chi connectivity index (χ0v) is 11.5. The summed E-state index contributed by atoms with van der Waals surface area (Å²) in [4.78, 5) is 0. The minimum absolute atomic E-state index is 0.448. The fraction of sp³-hybridized carbons (Fsp3) is 0.400. The molecule has 0 aromatic heterocycles. The number of hydrogen-bond acceptors (Lipinski definition) is 6. The van der Waals surface area contributed by atoms with Gasteiger partial charge in [0.25, 0.3) is 0 Å². The summed E-state index contributed by atoms with van der Waals surface area (Å²) in [5.41, 5.74) is 0.831. The molecule has 0 radical (unpaired) electrons. The van der Waals surface area contributed by atoms with Gasteiger partial charge in [0.05, 0.1) is 12.2 Å². The highest BCUT2D eigenvalue weighted by molar-refractivity contribution is 5.52. The molecule has 1 aromatic rings. The first-order valence-electron chi connectivity index (χ1n) is 6.55. The second-order valence-corrected chi connectivity index (χ2v) is 4.83. The summed E-state index contributed by atoms with van der Waals surface area (Å²) in [5, 5.41) is 37.6. The van der Waals surface area contributed by atoms with Crippen molar-refractivity contribution in [2.45, 2.75) is 37.6 Å². The maximum absolute atomic E-state index is 9.85. The Morgan fingerprint density at radius 2 is 1.81 bits per heavy atom. The first kappa shape index (κ1) is 15.5. The maximum Gasteiger partial charge on any atom is 0.229 e. The van der Waals surface area contributed by atoms with Crippen LogP contribution in [0, 0.1) is 11.3 Å². The minimum atomic E-state index is -1.34. The van der Waals surface area contributed by atoms with Crippen LogP contribution in [0.5, 0.6) is 5.75 Å². The van der Waals surface area contributed by atoms with Gasteiger partial charge >= 0.3 is 0 Å². The zero-order valence-electron chi connectivity index (χ0n) is 11.5. The van der Waals surface area contributed by atoms with Crippen LogP contribution in [0.15, 0.2) is 30.3 Å². The highest BCUT2D eigenvalue weighted by atomic mass is 16.7. The lowest BCUT2D eigenvalue weighted by Crippen LogP contribution is -2.58. The van der Waals surface area contributed by atoms with E-state index in [-0.39, 0.29) is 0 Å². The van der Waals surface area contributed by atoms with Crippen LogP contribution in [-0.2, 0) is 4.74 Å². The predicted octanol–water partition coefficient (Wildman–Crippen LogP) is 0.430. The quantitative estimate of drug-likeness (QED) is 0.698. The van der Waals surface area contributed by atoms with Crippen molar-refractivity contribution in [3.05, 3.63) is 35.9 Å². The van der Waals surface area contributed by atoms with E-state index in [9.17, 15) is 15.3 Å². The third-order valence-corrected chi connectivity index (χ3v) is 3.29. The molecule has 6 heteroatoms. The minimum Gasteiger partial charge on any atom is -0.462 e. The van der Waals surface area contributed by atoms with Gasteiger partial charge in [-0.3, -0.25) is 0 Å². The fourth-order valence-corrected chi connectivity index (χ4v) is 2.04. The van der Waals surface area contributed by atoms with E-state index in [0.29, 0.717) is 5.75 Å². The summed E-state index contributed by atoms with van der Waals surface area (Å²) in [7, 11) is 0. The maximum atomic E-state index is 9.85. The molecule has 6 nitrogen and oxygen atoms in total. The zero-order chi connectivity index (χ0) is 15.4. The van der Waals surface area contributed by atoms with Gasteiger partial charge in [-0.15, -0.1) is 0 Å². The first-order chi connectivity index (χ1) is 10.0. The molecule has 0 spiro atoms. The molecule has 1 heterocycles. The van der Waals surface area contributed by atoms with E-state index in [4.69, 9.17) is 14.7 Å². The van der Waals surface area contributed by atoms with Crippen molar-refractivity contribution >= 4 is 6.08 Å². The Labute approximate surface area is 122 Å². The van der Waals surface area contributed by atoms with Crippen molar-refractivity contribution in [1.82, 2.24) is 0 Å². The number of benzene rings is 1. The topological polar surface area (TPSA) is 103 Å². The van der Waals surface area contributed by atoms with Crippen LogP contribution < -0.4 is 4.74 Å². The lowest BCUT2D eigenvalue weighted by Gasteiger charge is -2.38. The molecule has 3 N–H and O–H groups in total. The third kappa shape index (κ3) is 3.60. The van der Waals surface area contributed by atoms with Gasteiger partial charge < -0.3 is 24.8 Å². The van der Waals surface area contributed by atoms with E-state index in [0.717, 1.165) is 5.56 Å². The average Bonchev–Trinajstić information content (AvgIpc) is 2.50. The molecule has 2 rings (SSSR count). The Morgan fingerprint density at radius 1 is 1.14 bits per heavy atom. The molecule has 21 heavy (non-hydrogen) atoms. The molecule has 5 unspecified atom stereocenters. The molecule has 1 aromatic carbocycles. The third-order valence-electron chi connectivity index (χ3n) is 3.29. The normalized spacial score (nSPS) is 32.8. The van der Waals surface area contributed by atoms with Crippen molar-refractivity contribution in [3.8, 4) is 11.8 Å². The summed E-state index contributed by atoms with van der Waals surface area (Å²) in [6, 6.07) is 8.71. The number of aliphatic hydroxyl groups excluding tert-OH is 3. The second kappa shape index (κ2) is 6.70. The molecular formula is C15H17NO5. The number of nitrogens with zero attached hydrogens (tertiary/aromatic N) is 1. The van der Waals surface area contributed by atoms with E-state index in [2.05, 4.69) is 0 Å². The van der Waals surface area contributed by atoms with E-state index in [1.807, 2.05) is 6.07 Å². The van der Waals surface area contributed by atoms with E-state index in [1.165, 1.54) is 6.08 Å². The number of aliphatic hydroxyl groups is 3. The molecule has 5 atom stereocenters. The van der Waals surface area contributed by atoms with Gasteiger partial charge in [0.1, 0.15) is 24.1 Å². The van der Waals surface area contributed by atoms with Crippen LogP contribution in [0.2, 0.25) is 0 Å². The molecule has 1 fully saturated rings. The van der Waals surface area contributed by atoms with Gasteiger partial charge in [-0.1, -0.05) is 12.1 Å². The van der Waals surface area contributed by atoms with Crippen LogP contribution in [0.25, 0.3) is 6.08 Å². The van der Waals surface area contributed by atoms with Gasteiger partial charge in [-0.25, -0.2) is 0 Å². The molecule has 0 aliphatic carbocycles. The standard InChI is InChI=1S/C15H17NO5/c1-9-12(17)13(18)14(19)15(20-9)21-11-6-4-10(5-7-11)3-2-8-16/h2-7,9,12-15,17-19H,1H3. The van der Waals surface area contributed by atoms with Crippen molar-refractivity contribution < 1.29 is 24.8 Å². The Bertz CT molecular complexity index is 536. The molecule has 1 aliphatic heterocycles. The lowest BCUT2D eigenvalue weighted by atomic mass is 10.00. The lowest BCUT2D eigenvalue weighted by molar-refractivity contribution is -0.268. The van der Waals surface area contributed by atoms with Crippen LogP contribution >= 0.6 is 0 Å². The Morgan fingerprint density at radius 3 is 2.43 bits per heavy atom. The fourth-order valence-electron chi connectivity index (χ4n) is 2.04. The number of allylic oxidation sites excluding steroid dienone is 1. The van der Waals surface area contributed by atoms with Gasteiger partial charge in [0.2, 0.25) is 6.29 Å². The number of hydrogen-bond donors (Lipinski definition) is 3. The summed E-state index contributed by atoms with van der Waals surface area (Å²) < 4.78 is 10.8. The smallest absolute Gasteiger partial charge is 0.229 e. The predicted molar refractivity (Wildman–Crippen MR) is 74.1 cm³/mol. The number of ether oxygens (including phenoxy) is 2. The Kier molecular flexibility index (Phi) is 4.94. The van der Waals surface area contributed by atoms with Gasteiger partial charge in [-0.2, -0.15) is 5.26 Å². The molecular weight excluding hydrogens is 274 g/mol. The van der Waals surface area contributed by atoms with Gasteiger partial charge in [-0.05, 0) is 30.7 Å². The highest BCUT2D eigenvalue weighted by Gasteiger charge is 2.43. The Hall–Kier alpha value is -1.91. The van der Waals surface area contributed by atoms with E-state index < -0.39 is 30.7 Å². The molecule has 1 saturated heterocycles. The van der Waals surface area contributed by atoms with Crippen molar-refractivity contribution in [2.24, 2.45) is 0 Å². The summed E-state index contributed by atoms with van der Waals surface area (Å²) in [6.45, 7) is 1.59. The van der Waals surface area contributed by atoms with Crippen LogP contribution in [0.4, 0.5) is 0 Å².